The number of Topliss-reactive ketones (excluding diaryl/α,β-unsaturated/α-hetero) is 2. The van der Waals surface area contributed by atoms with Gasteiger partial charge in [0.2, 0.25) is 5.78 Å². The minimum atomic E-state index is -2.74. The van der Waals surface area contributed by atoms with Gasteiger partial charge >= 0.3 is 0 Å². The first-order valence-electron chi connectivity index (χ1n) is 11.8. The van der Waals surface area contributed by atoms with E-state index in [0.29, 0.717) is 11.1 Å². The van der Waals surface area contributed by atoms with Crippen LogP contribution in [0.2, 0.25) is 0 Å². The van der Waals surface area contributed by atoms with E-state index in [1.807, 2.05) is 0 Å². The standard InChI is InChI=1S/C27H24F2N2O7/c1-31(2)21-14-8-11-7-13-12(10-3-5-15(28)16(29)9-10)4-6-17(32)19(13)22(33)18(11)24(35)27(14,38)25(36)20(23(21)34)26(30)37/h3-6,9,11,14,21,32,34-35,38H,7-8H2,1-2H3,(H2,30,37)/t11-,14-,21-,27-/m1/s1. The normalized spacial score (nSPS) is 26.8. The third-order valence-corrected chi connectivity index (χ3v) is 7.84. The number of rotatable bonds is 3. The van der Waals surface area contributed by atoms with E-state index in [-0.39, 0.29) is 29.5 Å². The van der Waals surface area contributed by atoms with Crippen molar-refractivity contribution in [2.24, 2.45) is 17.6 Å². The highest BCUT2D eigenvalue weighted by atomic mass is 19.2. The SMILES string of the molecule is CN(C)[C@H]1C(O)=C(C(N)=O)C(=O)[C@]2(O)C(O)=C3C(=O)c4c(O)ccc(-c5ccc(F)c(F)c5)c4C[C@@H]3C[C@H]12. The van der Waals surface area contributed by atoms with E-state index in [1.165, 1.54) is 37.2 Å². The van der Waals surface area contributed by atoms with Gasteiger partial charge in [0.25, 0.3) is 5.91 Å². The lowest BCUT2D eigenvalue weighted by Gasteiger charge is -2.50. The number of ketones is 2. The van der Waals surface area contributed by atoms with Crippen LogP contribution in [0.4, 0.5) is 8.78 Å². The molecule has 0 unspecified atom stereocenters. The van der Waals surface area contributed by atoms with Crippen molar-refractivity contribution in [3.8, 4) is 16.9 Å². The number of nitrogens with zero attached hydrogens (tertiary/aromatic N) is 1. The van der Waals surface area contributed by atoms with Gasteiger partial charge in [0.05, 0.1) is 11.6 Å². The highest BCUT2D eigenvalue weighted by Crippen LogP contribution is 2.53. The van der Waals surface area contributed by atoms with Crippen LogP contribution in [-0.4, -0.2) is 68.5 Å². The number of aromatic hydroxyl groups is 1. The number of phenols is 1. The molecule has 0 heterocycles. The number of phenolic OH excluding ortho intramolecular Hbond substituents is 1. The predicted octanol–water partition coefficient (Wildman–Crippen LogP) is 2.07. The molecule has 2 aromatic rings. The molecule has 0 saturated carbocycles. The molecule has 0 bridgehead atoms. The Morgan fingerprint density at radius 3 is 2.37 bits per heavy atom. The van der Waals surface area contributed by atoms with Crippen LogP contribution in [-0.2, 0) is 16.0 Å². The maximum Gasteiger partial charge on any atom is 0.255 e. The first-order valence-corrected chi connectivity index (χ1v) is 11.8. The number of primary amides is 1. The molecular formula is C27H24F2N2O7. The fraction of sp³-hybridized carbons (Fsp3) is 0.296. The smallest absolute Gasteiger partial charge is 0.255 e. The number of carbonyl (C=O) groups excluding carboxylic acids is 3. The second-order valence-corrected chi connectivity index (χ2v) is 10.1. The second-order valence-electron chi connectivity index (χ2n) is 10.1. The molecule has 0 fully saturated rings. The number of aliphatic hydroxyl groups is 3. The van der Waals surface area contributed by atoms with Gasteiger partial charge in [-0.3, -0.25) is 19.3 Å². The van der Waals surface area contributed by atoms with Crippen LogP contribution in [0.25, 0.3) is 11.1 Å². The van der Waals surface area contributed by atoms with Crippen LogP contribution >= 0.6 is 0 Å². The summed E-state index contributed by atoms with van der Waals surface area (Å²) in [6.07, 6.45) is -0.0596. The zero-order valence-corrected chi connectivity index (χ0v) is 20.3. The lowest BCUT2D eigenvalue weighted by molar-refractivity contribution is -0.148. The summed E-state index contributed by atoms with van der Waals surface area (Å²) in [5.74, 6) is -9.70. The molecule has 6 N–H and O–H groups in total. The van der Waals surface area contributed by atoms with Crippen LogP contribution in [0.1, 0.15) is 22.3 Å². The van der Waals surface area contributed by atoms with Crippen LogP contribution in [0.5, 0.6) is 5.75 Å². The summed E-state index contributed by atoms with van der Waals surface area (Å²) in [7, 11) is 3.07. The number of benzene rings is 2. The van der Waals surface area contributed by atoms with Crippen LogP contribution in [0.3, 0.4) is 0 Å². The van der Waals surface area contributed by atoms with Gasteiger partial charge in [-0.25, -0.2) is 8.78 Å². The Hall–Kier alpha value is -4.09. The third-order valence-electron chi connectivity index (χ3n) is 7.84. The van der Waals surface area contributed by atoms with Gasteiger partial charge in [0.15, 0.2) is 23.0 Å². The molecule has 4 atom stereocenters. The summed E-state index contributed by atoms with van der Waals surface area (Å²) in [5, 5.41) is 44.3. The maximum absolute atomic E-state index is 14.0. The summed E-state index contributed by atoms with van der Waals surface area (Å²) in [5.41, 5.74) is 2.09. The molecule has 0 aromatic heterocycles. The topological polar surface area (TPSA) is 161 Å². The van der Waals surface area contributed by atoms with E-state index < -0.39 is 75.4 Å². The Kier molecular flexibility index (Phi) is 5.69. The number of carbonyl (C=O) groups is 3. The summed E-state index contributed by atoms with van der Waals surface area (Å²) in [6.45, 7) is 0. The molecule has 0 aliphatic heterocycles. The zero-order chi connectivity index (χ0) is 27.8. The lowest BCUT2D eigenvalue weighted by atomic mass is 9.58. The third kappa shape index (κ3) is 3.31. The van der Waals surface area contributed by atoms with Gasteiger partial charge in [-0.15, -0.1) is 0 Å². The summed E-state index contributed by atoms with van der Waals surface area (Å²) >= 11 is 0. The van der Waals surface area contributed by atoms with E-state index in [4.69, 9.17) is 5.73 Å². The van der Waals surface area contributed by atoms with Crippen molar-refractivity contribution in [2.45, 2.75) is 24.5 Å². The minimum absolute atomic E-state index is 0.0251. The monoisotopic (exact) mass is 526 g/mol. The summed E-state index contributed by atoms with van der Waals surface area (Å²) in [4.78, 5) is 40.5. The van der Waals surface area contributed by atoms with Crippen molar-refractivity contribution in [1.82, 2.24) is 4.90 Å². The Bertz CT molecular complexity index is 1510. The largest absolute Gasteiger partial charge is 0.510 e. The number of allylic oxidation sites excluding steroid dienone is 1. The predicted molar refractivity (Wildman–Crippen MR) is 129 cm³/mol. The first-order chi connectivity index (χ1) is 17.8. The summed E-state index contributed by atoms with van der Waals surface area (Å²) < 4.78 is 27.6. The first kappa shape index (κ1) is 25.6. The Morgan fingerprint density at radius 1 is 1.08 bits per heavy atom. The van der Waals surface area contributed by atoms with E-state index >= 15 is 0 Å². The number of nitrogens with two attached hydrogens (primary N) is 1. The molecule has 3 aliphatic rings. The van der Waals surface area contributed by atoms with Crippen molar-refractivity contribution in [1.29, 1.82) is 0 Å². The fourth-order valence-electron chi connectivity index (χ4n) is 6.18. The van der Waals surface area contributed by atoms with Crippen LogP contribution in [0, 0.1) is 23.5 Å². The minimum Gasteiger partial charge on any atom is -0.510 e. The van der Waals surface area contributed by atoms with Gasteiger partial charge in [-0.1, -0.05) is 12.1 Å². The number of amides is 1. The van der Waals surface area contributed by atoms with Crippen molar-refractivity contribution >= 4 is 17.5 Å². The summed E-state index contributed by atoms with van der Waals surface area (Å²) in [6, 6.07) is 4.77. The molecule has 5 rings (SSSR count). The number of halogens is 2. The van der Waals surface area contributed by atoms with Gasteiger partial charge in [-0.05, 0) is 67.7 Å². The molecule has 38 heavy (non-hydrogen) atoms. The van der Waals surface area contributed by atoms with E-state index in [2.05, 4.69) is 0 Å². The maximum atomic E-state index is 14.0. The number of fused-ring (bicyclic) bond motifs is 3. The Balaban J connectivity index is 1.73. The molecule has 11 heteroatoms. The average Bonchev–Trinajstić information content (AvgIpc) is 2.83. The molecule has 198 valence electrons. The van der Waals surface area contributed by atoms with Gasteiger partial charge < -0.3 is 26.2 Å². The fourth-order valence-corrected chi connectivity index (χ4v) is 6.18. The molecule has 9 nitrogen and oxygen atoms in total. The van der Waals surface area contributed by atoms with Crippen LogP contribution in [0.15, 0.2) is 53.0 Å². The van der Waals surface area contributed by atoms with Gasteiger partial charge in [0.1, 0.15) is 22.8 Å². The number of hydrogen-bond donors (Lipinski definition) is 5. The Morgan fingerprint density at radius 2 is 1.76 bits per heavy atom. The number of aliphatic hydroxyl groups excluding tert-OH is 2. The van der Waals surface area contributed by atoms with Crippen molar-refractivity contribution in [3.63, 3.8) is 0 Å². The highest BCUT2D eigenvalue weighted by molar-refractivity contribution is 6.24. The second kappa shape index (κ2) is 8.47. The van der Waals surface area contributed by atoms with Crippen molar-refractivity contribution < 1.29 is 43.6 Å². The number of likely N-dealkylation sites (N-methyl/N-ethyl adjacent to an activating group) is 1. The van der Waals surface area contributed by atoms with Gasteiger partial charge in [0, 0.05) is 11.5 Å². The van der Waals surface area contributed by atoms with Gasteiger partial charge in [-0.2, -0.15) is 0 Å². The zero-order valence-electron chi connectivity index (χ0n) is 20.3. The van der Waals surface area contributed by atoms with Crippen molar-refractivity contribution in [2.75, 3.05) is 14.1 Å². The molecular weight excluding hydrogens is 502 g/mol. The molecule has 3 aliphatic carbocycles. The quantitative estimate of drug-likeness (QED) is 0.380. The lowest BCUT2D eigenvalue weighted by Crippen LogP contribution is -2.63. The van der Waals surface area contributed by atoms with E-state index in [0.717, 1.165) is 12.1 Å². The molecule has 1 amide bonds. The molecule has 0 spiro atoms. The Labute approximate surface area is 215 Å². The van der Waals surface area contributed by atoms with E-state index in [1.54, 1.807) is 0 Å². The van der Waals surface area contributed by atoms with E-state index in [9.17, 15) is 43.6 Å². The average molecular weight is 526 g/mol. The highest BCUT2D eigenvalue weighted by Gasteiger charge is 2.63. The number of hydrogen-bond acceptors (Lipinski definition) is 8. The van der Waals surface area contributed by atoms with Crippen LogP contribution < -0.4 is 5.73 Å². The van der Waals surface area contributed by atoms with Crippen molar-refractivity contribution in [3.05, 3.63) is 75.8 Å². The molecule has 0 saturated heterocycles. The molecule has 2 aromatic carbocycles. The molecule has 0 radical (unpaired) electrons.